The zero-order valence-electron chi connectivity index (χ0n) is 5.89. The van der Waals surface area contributed by atoms with E-state index in [0.29, 0.717) is 0 Å². The molecule has 1 atom stereocenters. The summed E-state index contributed by atoms with van der Waals surface area (Å²) in [5, 5.41) is 7.94. The SMILES string of the molecule is CN(C(=O)O)[C@@H](CS)C(=O)S. The van der Waals surface area contributed by atoms with Crippen LogP contribution < -0.4 is 0 Å². The fraction of sp³-hybridized carbons (Fsp3) is 0.600. The third kappa shape index (κ3) is 3.02. The van der Waals surface area contributed by atoms with Crippen LogP contribution in [0, 0.1) is 0 Å². The number of thiol groups is 2. The Morgan fingerprint density at radius 2 is 2.09 bits per heavy atom. The summed E-state index contributed by atoms with van der Waals surface area (Å²) in [5.41, 5.74) is 0. The summed E-state index contributed by atoms with van der Waals surface area (Å²) in [5.74, 6) is 0.144. The molecule has 11 heavy (non-hydrogen) atoms. The van der Waals surface area contributed by atoms with Gasteiger partial charge in [-0.1, -0.05) is 0 Å². The standard InChI is InChI=1S/C5H9NO3S2/c1-6(5(8)9)3(2-10)4(7)11/h3,10H,2H2,1H3,(H,7,11)(H,8,9)/t3-/m0/s1. The smallest absolute Gasteiger partial charge is 0.407 e. The number of hydrogen-bond acceptors (Lipinski definition) is 3. The molecule has 0 aromatic rings. The molecule has 4 nitrogen and oxygen atoms in total. The van der Waals surface area contributed by atoms with E-state index < -0.39 is 17.3 Å². The van der Waals surface area contributed by atoms with Crippen LogP contribution in [0.2, 0.25) is 0 Å². The molecule has 0 saturated heterocycles. The van der Waals surface area contributed by atoms with Gasteiger partial charge in [0.1, 0.15) is 6.04 Å². The highest BCUT2D eigenvalue weighted by Gasteiger charge is 2.22. The first-order valence-corrected chi connectivity index (χ1v) is 3.88. The molecule has 64 valence electrons. The van der Waals surface area contributed by atoms with Gasteiger partial charge in [0.15, 0.2) is 0 Å². The van der Waals surface area contributed by atoms with Gasteiger partial charge < -0.3 is 5.11 Å². The van der Waals surface area contributed by atoms with Gasteiger partial charge in [-0.05, 0) is 0 Å². The zero-order chi connectivity index (χ0) is 9.02. The van der Waals surface area contributed by atoms with Crippen LogP contribution in [0.1, 0.15) is 0 Å². The predicted molar refractivity (Wildman–Crippen MR) is 47.4 cm³/mol. The van der Waals surface area contributed by atoms with E-state index in [2.05, 4.69) is 25.3 Å². The lowest BCUT2D eigenvalue weighted by Crippen LogP contribution is -2.41. The van der Waals surface area contributed by atoms with E-state index in [1.165, 1.54) is 7.05 Å². The lowest BCUT2D eigenvalue weighted by molar-refractivity contribution is -0.114. The molecule has 0 radical (unpaired) electrons. The van der Waals surface area contributed by atoms with Gasteiger partial charge in [0.25, 0.3) is 0 Å². The third-order valence-corrected chi connectivity index (χ3v) is 1.87. The average molecular weight is 195 g/mol. The summed E-state index contributed by atoms with van der Waals surface area (Å²) in [6, 6.07) is -0.765. The van der Waals surface area contributed by atoms with E-state index in [4.69, 9.17) is 5.11 Å². The number of amides is 1. The van der Waals surface area contributed by atoms with Crippen LogP contribution in [0.5, 0.6) is 0 Å². The van der Waals surface area contributed by atoms with Crippen molar-refractivity contribution in [1.82, 2.24) is 4.90 Å². The van der Waals surface area contributed by atoms with Crippen LogP contribution in [0.25, 0.3) is 0 Å². The van der Waals surface area contributed by atoms with Crippen LogP contribution in [-0.4, -0.2) is 40.1 Å². The fourth-order valence-electron chi connectivity index (χ4n) is 0.500. The number of carbonyl (C=O) groups excluding carboxylic acids is 1. The van der Waals surface area contributed by atoms with Gasteiger partial charge in [-0.15, -0.1) is 12.6 Å². The molecule has 0 unspecified atom stereocenters. The summed E-state index contributed by atoms with van der Waals surface area (Å²) in [7, 11) is 1.30. The van der Waals surface area contributed by atoms with E-state index in [-0.39, 0.29) is 5.75 Å². The summed E-state index contributed by atoms with van der Waals surface area (Å²) in [6.07, 6.45) is -1.16. The Bertz CT molecular complexity index is 173. The van der Waals surface area contributed by atoms with Crippen molar-refractivity contribution in [2.45, 2.75) is 6.04 Å². The monoisotopic (exact) mass is 195 g/mol. The Hall–Kier alpha value is -0.360. The normalized spacial score (nSPS) is 12.3. The number of rotatable bonds is 3. The third-order valence-electron chi connectivity index (χ3n) is 1.23. The molecular formula is C5H9NO3S2. The number of carboxylic acid groups (broad SMARTS) is 1. The largest absolute Gasteiger partial charge is 0.465 e. The molecule has 0 rings (SSSR count). The molecule has 0 fully saturated rings. The predicted octanol–water partition coefficient (Wildman–Crippen LogP) is 0.351. The van der Waals surface area contributed by atoms with Gasteiger partial charge in [0.05, 0.1) is 0 Å². The van der Waals surface area contributed by atoms with Gasteiger partial charge in [0.2, 0.25) is 5.12 Å². The first kappa shape index (κ1) is 10.6. The number of likely N-dealkylation sites (N-methyl/N-ethyl adjacent to an activating group) is 1. The minimum absolute atomic E-state index is 0.144. The molecule has 0 saturated carbocycles. The highest BCUT2D eigenvalue weighted by molar-refractivity contribution is 7.96. The summed E-state index contributed by atoms with van der Waals surface area (Å²) < 4.78 is 0. The molecule has 1 amide bonds. The van der Waals surface area contributed by atoms with Gasteiger partial charge in [-0.2, -0.15) is 12.6 Å². The molecule has 6 heteroatoms. The molecule has 0 aliphatic heterocycles. The molecule has 0 aromatic carbocycles. The van der Waals surface area contributed by atoms with E-state index in [1.807, 2.05) is 0 Å². The Balaban J connectivity index is 4.25. The lowest BCUT2D eigenvalue weighted by Gasteiger charge is -2.20. The summed E-state index contributed by atoms with van der Waals surface area (Å²) in [4.78, 5) is 21.8. The molecule has 1 N–H and O–H groups in total. The van der Waals surface area contributed by atoms with Crippen molar-refractivity contribution in [3.63, 3.8) is 0 Å². The molecular weight excluding hydrogens is 186 g/mol. The second-order valence-corrected chi connectivity index (χ2v) is 2.74. The lowest BCUT2D eigenvalue weighted by atomic mass is 10.3. The second-order valence-electron chi connectivity index (χ2n) is 1.93. The van der Waals surface area contributed by atoms with E-state index in [0.717, 1.165) is 4.90 Å². The zero-order valence-corrected chi connectivity index (χ0v) is 7.68. The van der Waals surface area contributed by atoms with Gasteiger partial charge in [0, 0.05) is 12.8 Å². The van der Waals surface area contributed by atoms with E-state index in [9.17, 15) is 9.59 Å². The quantitative estimate of drug-likeness (QED) is 0.570. The van der Waals surface area contributed by atoms with Crippen LogP contribution in [0.15, 0.2) is 0 Å². The first-order chi connectivity index (χ1) is 5.00. The number of nitrogens with zero attached hydrogens (tertiary/aromatic N) is 1. The second kappa shape index (κ2) is 4.50. The maximum Gasteiger partial charge on any atom is 0.407 e. The first-order valence-electron chi connectivity index (χ1n) is 2.80. The molecule has 0 aliphatic rings. The fourth-order valence-corrected chi connectivity index (χ4v) is 1.32. The highest BCUT2D eigenvalue weighted by atomic mass is 32.1. The topological polar surface area (TPSA) is 57.6 Å². The Kier molecular flexibility index (Phi) is 4.36. The van der Waals surface area contributed by atoms with Crippen LogP contribution in [0.4, 0.5) is 4.79 Å². The van der Waals surface area contributed by atoms with Gasteiger partial charge in [-0.25, -0.2) is 4.79 Å². The average Bonchev–Trinajstić information content (AvgIpc) is 1.88. The Morgan fingerprint density at radius 3 is 2.18 bits per heavy atom. The van der Waals surface area contributed by atoms with Crippen LogP contribution in [0.3, 0.4) is 0 Å². The van der Waals surface area contributed by atoms with Crippen LogP contribution >= 0.6 is 25.3 Å². The Morgan fingerprint density at radius 1 is 1.64 bits per heavy atom. The molecule has 0 aliphatic carbocycles. The molecule has 0 heterocycles. The highest BCUT2D eigenvalue weighted by Crippen LogP contribution is 2.03. The van der Waals surface area contributed by atoms with E-state index >= 15 is 0 Å². The molecule has 0 aromatic heterocycles. The van der Waals surface area contributed by atoms with Crippen molar-refractivity contribution in [3.05, 3.63) is 0 Å². The summed E-state index contributed by atoms with van der Waals surface area (Å²) in [6.45, 7) is 0. The van der Waals surface area contributed by atoms with Gasteiger partial charge >= 0.3 is 6.09 Å². The van der Waals surface area contributed by atoms with Crippen LogP contribution in [-0.2, 0) is 4.79 Å². The minimum Gasteiger partial charge on any atom is -0.465 e. The van der Waals surface area contributed by atoms with Crippen molar-refractivity contribution in [2.75, 3.05) is 12.8 Å². The number of hydrogen-bond donors (Lipinski definition) is 3. The maximum absolute atomic E-state index is 10.6. The molecule has 0 bridgehead atoms. The van der Waals surface area contributed by atoms with Crippen molar-refractivity contribution >= 4 is 36.5 Å². The van der Waals surface area contributed by atoms with Crippen molar-refractivity contribution < 1.29 is 14.7 Å². The number of carbonyl (C=O) groups is 2. The van der Waals surface area contributed by atoms with Crippen molar-refractivity contribution in [3.8, 4) is 0 Å². The maximum atomic E-state index is 10.6. The molecule has 0 spiro atoms. The van der Waals surface area contributed by atoms with E-state index in [1.54, 1.807) is 0 Å². The van der Waals surface area contributed by atoms with Gasteiger partial charge in [-0.3, -0.25) is 9.69 Å². The Labute approximate surface area is 75.4 Å². The minimum atomic E-state index is -1.16. The van der Waals surface area contributed by atoms with Crippen molar-refractivity contribution in [2.24, 2.45) is 0 Å². The van der Waals surface area contributed by atoms with Crippen molar-refractivity contribution in [1.29, 1.82) is 0 Å². The summed E-state index contributed by atoms with van der Waals surface area (Å²) >= 11 is 7.33.